The number of hydrogen-bond acceptors (Lipinski definition) is 1. The molecule has 1 nitrogen and oxygen atoms in total. The van der Waals surface area contributed by atoms with E-state index in [9.17, 15) is 0 Å². The monoisotopic (exact) mass is 284 g/mol. The van der Waals surface area contributed by atoms with Crippen LogP contribution in [0.25, 0.3) is 0 Å². The Kier molecular flexibility index (Phi) is 7.20. The highest BCUT2D eigenvalue weighted by Crippen LogP contribution is 2.23. The normalized spacial score (nSPS) is 30.9. The molecule has 18 heavy (non-hydrogen) atoms. The molecule has 0 aliphatic carbocycles. The Hall–Kier alpha value is -0.680. The van der Waals surface area contributed by atoms with Gasteiger partial charge < -0.3 is 4.74 Å². The summed E-state index contributed by atoms with van der Waals surface area (Å²) < 4.78 is 5.97. The minimum Gasteiger partial charge on any atom is -0.369 e. The Labute approximate surface area is 119 Å². The Bertz CT molecular complexity index is 376. The number of rotatable bonds is 4. The first-order valence-electron chi connectivity index (χ1n) is 6.11. The third kappa shape index (κ3) is 5.31. The van der Waals surface area contributed by atoms with Gasteiger partial charge >= 0.3 is 0 Å². The van der Waals surface area contributed by atoms with Gasteiger partial charge in [0.2, 0.25) is 0 Å². The molecule has 0 amide bonds. The van der Waals surface area contributed by atoms with Crippen LogP contribution in [0.1, 0.15) is 26.2 Å². The van der Waals surface area contributed by atoms with E-state index in [0.717, 1.165) is 17.9 Å². The molecule has 0 fully saturated rings. The lowest BCUT2D eigenvalue weighted by Gasteiger charge is -2.26. The third-order valence-corrected chi connectivity index (χ3v) is 3.49. The van der Waals surface area contributed by atoms with Crippen molar-refractivity contribution in [3.8, 4) is 12.3 Å². The fourth-order valence-corrected chi connectivity index (χ4v) is 2.13. The molecule has 3 atom stereocenters. The Morgan fingerprint density at radius 1 is 1.67 bits per heavy atom. The maximum absolute atomic E-state index is 6.35. The molecule has 0 aromatic heterocycles. The van der Waals surface area contributed by atoms with Gasteiger partial charge in [0.1, 0.15) is 0 Å². The lowest BCUT2D eigenvalue weighted by atomic mass is 10.1. The molecule has 1 unspecified atom stereocenters. The lowest BCUT2D eigenvalue weighted by molar-refractivity contribution is 0.0110. The Morgan fingerprint density at radius 3 is 3.11 bits per heavy atom. The summed E-state index contributed by atoms with van der Waals surface area (Å²) in [5.41, 5.74) is 0. The SMILES string of the molecule is C#C/C=C\CC(Cl)[C@H]1C/C=C(Cl)\C=C/[C@@H](CC)O1. The summed E-state index contributed by atoms with van der Waals surface area (Å²) in [5, 5.41) is 0.639. The second-order valence-electron chi connectivity index (χ2n) is 4.13. The fourth-order valence-electron chi connectivity index (χ4n) is 1.70. The van der Waals surface area contributed by atoms with Crippen molar-refractivity contribution in [2.45, 2.75) is 43.8 Å². The molecule has 0 bridgehead atoms. The van der Waals surface area contributed by atoms with Gasteiger partial charge in [-0.15, -0.1) is 18.0 Å². The van der Waals surface area contributed by atoms with Gasteiger partial charge in [0.15, 0.2) is 0 Å². The van der Waals surface area contributed by atoms with Crippen LogP contribution in [-0.2, 0) is 4.74 Å². The van der Waals surface area contributed by atoms with Gasteiger partial charge in [-0.25, -0.2) is 0 Å². The summed E-state index contributed by atoms with van der Waals surface area (Å²) >= 11 is 12.4. The number of alkyl halides is 1. The van der Waals surface area contributed by atoms with Crippen LogP contribution in [0, 0.1) is 12.3 Å². The molecule has 1 heterocycles. The van der Waals surface area contributed by atoms with E-state index in [1.54, 1.807) is 6.08 Å². The minimum atomic E-state index is -0.101. The Balaban J connectivity index is 2.66. The molecular weight excluding hydrogens is 267 g/mol. The maximum atomic E-state index is 6.35. The van der Waals surface area contributed by atoms with Crippen molar-refractivity contribution < 1.29 is 4.74 Å². The zero-order valence-electron chi connectivity index (χ0n) is 10.5. The molecular formula is C15H18Cl2O. The number of allylic oxidation sites excluding steroid dienone is 4. The van der Waals surface area contributed by atoms with Gasteiger partial charge in [-0.05, 0) is 31.4 Å². The van der Waals surface area contributed by atoms with Crippen molar-refractivity contribution >= 4 is 23.2 Å². The van der Waals surface area contributed by atoms with Gasteiger partial charge in [-0.2, -0.15) is 0 Å². The quantitative estimate of drug-likeness (QED) is 0.549. The summed E-state index contributed by atoms with van der Waals surface area (Å²) in [6, 6.07) is 0. The molecule has 0 radical (unpaired) electrons. The van der Waals surface area contributed by atoms with Crippen molar-refractivity contribution in [3.05, 3.63) is 35.4 Å². The van der Waals surface area contributed by atoms with Crippen LogP contribution in [0.15, 0.2) is 35.4 Å². The predicted octanol–water partition coefficient (Wildman–Crippen LogP) is 4.42. The van der Waals surface area contributed by atoms with E-state index in [1.807, 2.05) is 24.3 Å². The summed E-state index contributed by atoms with van der Waals surface area (Å²) in [6.07, 6.45) is 16.9. The average Bonchev–Trinajstić information content (AvgIpc) is 2.35. The van der Waals surface area contributed by atoms with Crippen LogP contribution in [0.3, 0.4) is 0 Å². The van der Waals surface area contributed by atoms with Crippen LogP contribution in [0.2, 0.25) is 0 Å². The van der Waals surface area contributed by atoms with E-state index in [0.29, 0.717) is 6.42 Å². The third-order valence-electron chi connectivity index (χ3n) is 2.75. The van der Waals surface area contributed by atoms with Crippen molar-refractivity contribution in [3.63, 3.8) is 0 Å². The smallest absolute Gasteiger partial charge is 0.0784 e. The summed E-state index contributed by atoms with van der Waals surface area (Å²) in [7, 11) is 0. The first kappa shape index (κ1) is 15.4. The van der Waals surface area contributed by atoms with Crippen LogP contribution < -0.4 is 0 Å². The number of ether oxygens (including phenoxy) is 1. The van der Waals surface area contributed by atoms with Crippen LogP contribution >= 0.6 is 23.2 Å². The van der Waals surface area contributed by atoms with Gasteiger partial charge in [0.25, 0.3) is 0 Å². The molecule has 1 aliphatic rings. The fraction of sp³-hybridized carbons (Fsp3) is 0.467. The molecule has 0 spiro atoms. The molecule has 1 rings (SSSR count). The number of halogens is 2. The molecule has 0 saturated carbocycles. The Morgan fingerprint density at radius 2 is 2.44 bits per heavy atom. The predicted molar refractivity (Wildman–Crippen MR) is 78.9 cm³/mol. The summed E-state index contributed by atoms with van der Waals surface area (Å²) in [6.45, 7) is 2.08. The minimum absolute atomic E-state index is 0.0438. The van der Waals surface area contributed by atoms with Crippen LogP contribution in [0.5, 0.6) is 0 Å². The highest BCUT2D eigenvalue weighted by Gasteiger charge is 2.22. The van der Waals surface area contributed by atoms with Gasteiger partial charge in [-0.3, -0.25) is 0 Å². The van der Waals surface area contributed by atoms with Gasteiger partial charge in [-0.1, -0.05) is 42.7 Å². The molecule has 0 saturated heterocycles. The first-order chi connectivity index (χ1) is 8.67. The zero-order chi connectivity index (χ0) is 13.4. The summed E-state index contributed by atoms with van der Waals surface area (Å²) in [5.74, 6) is 2.45. The average molecular weight is 285 g/mol. The molecule has 0 aromatic rings. The van der Waals surface area contributed by atoms with E-state index in [-0.39, 0.29) is 17.6 Å². The van der Waals surface area contributed by atoms with E-state index in [1.165, 1.54) is 0 Å². The highest BCUT2D eigenvalue weighted by molar-refractivity contribution is 6.31. The number of hydrogen-bond donors (Lipinski definition) is 0. The molecule has 1 aliphatic heterocycles. The van der Waals surface area contributed by atoms with Crippen molar-refractivity contribution in [2.24, 2.45) is 0 Å². The topological polar surface area (TPSA) is 9.23 Å². The van der Waals surface area contributed by atoms with E-state index in [2.05, 4.69) is 12.8 Å². The second kappa shape index (κ2) is 8.43. The second-order valence-corrected chi connectivity index (χ2v) is 5.12. The maximum Gasteiger partial charge on any atom is 0.0784 e. The van der Waals surface area contributed by atoms with Crippen LogP contribution in [-0.4, -0.2) is 17.6 Å². The van der Waals surface area contributed by atoms with E-state index in [4.69, 9.17) is 34.4 Å². The first-order valence-corrected chi connectivity index (χ1v) is 6.93. The van der Waals surface area contributed by atoms with Crippen LogP contribution in [0.4, 0.5) is 0 Å². The van der Waals surface area contributed by atoms with Crippen molar-refractivity contribution in [2.75, 3.05) is 0 Å². The zero-order valence-corrected chi connectivity index (χ0v) is 12.0. The summed E-state index contributed by atoms with van der Waals surface area (Å²) in [4.78, 5) is 0. The van der Waals surface area contributed by atoms with Gasteiger partial charge in [0.05, 0.1) is 17.6 Å². The highest BCUT2D eigenvalue weighted by atomic mass is 35.5. The molecule has 3 heteroatoms. The lowest BCUT2D eigenvalue weighted by Crippen LogP contribution is -2.29. The number of terminal acetylenes is 1. The van der Waals surface area contributed by atoms with E-state index >= 15 is 0 Å². The van der Waals surface area contributed by atoms with Crippen molar-refractivity contribution in [1.82, 2.24) is 0 Å². The van der Waals surface area contributed by atoms with Gasteiger partial charge in [0, 0.05) is 5.03 Å². The molecule has 98 valence electrons. The van der Waals surface area contributed by atoms with E-state index < -0.39 is 0 Å². The molecule has 0 aromatic carbocycles. The van der Waals surface area contributed by atoms with Crippen molar-refractivity contribution in [1.29, 1.82) is 0 Å². The molecule has 0 N–H and O–H groups in total. The largest absolute Gasteiger partial charge is 0.369 e. The standard InChI is InChI=1S/C15H18Cl2O/c1-3-5-6-7-14(17)15-11-9-12(16)8-10-13(4-2)18-15/h1,5-6,8-10,13-15H,4,7,11H2,2H3/b6-5-,10-8-,12-9+/t13-,14?,15-/m1/s1.